The minimum atomic E-state index is -0.434. The minimum Gasteiger partial charge on any atom is -0.379 e. The molecular formula is C6H11N5O2. The van der Waals surface area contributed by atoms with Crippen molar-refractivity contribution in [3.05, 3.63) is 5.69 Å². The highest BCUT2D eigenvalue weighted by molar-refractivity contribution is 5.96. The van der Waals surface area contributed by atoms with E-state index in [0.29, 0.717) is 6.54 Å². The van der Waals surface area contributed by atoms with E-state index in [-0.39, 0.29) is 17.6 Å². The van der Waals surface area contributed by atoms with E-state index in [9.17, 15) is 4.79 Å². The summed E-state index contributed by atoms with van der Waals surface area (Å²) in [7, 11) is 0. The van der Waals surface area contributed by atoms with E-state index in [0.717, 1.165) is 0 Å². The van der Waals surface area contributed by atoms with Crippen LogP contribution in [0.1, 0.15) is 17.4 Å². The Balaban J connectivity index is 2.64. The summed E-state index contributed by atoms with van der Waals surface area (Å²) in [5.74, 6) is -0.460. The van der Waals surface area contributed by atoms with Crippen LogP contribution in [-0.4, -0.2) is 28.8 Å². The maximum absolute atomic E-state index is 11.3. The topological polar surface area (TPSA) is 120 Å². The van der Waals surface area contributed by atoms with Crippen LogP contribution < -0.4 is 16.8 Å². The van der Waals surface area contributed by atoms with Crippen molar-refractivity contribution in [2.24, 2.45) is 5.73 Å². The second-order valence-corrected chi connectivity index (χ2v) is 2.61. The lowest BCUT2D eigenvalue weighted by Crippen LogP contribution is -2.38. The maximum Gasteiger partial charge on any atom is 0.277 e. The minimum absolute atomic E-state index is 0.0136. The largest absolute Gasteiger partial charge is 0.379 e. The Hall–Kier alpha value is -1.63. The van der Waals surface area contributed by atoms with E-state index >= 15 is 0 Å². The zero-order chi connectivity index (χ0) is 9.84. The molecule has 1 amide bonds. The Kier molecular flexibility index (Phi) is 2.80. The van der Waals surface area contributed by atoms with E-state index in [4.69, 9.17) is 11.5 Å². The number of carbonyl (C=O) groups is 1. The third-order valence-corrected chi connectivity index (χ3v) is 1.46. The number of anilines is 1. The zero-order valence-electron chi connectivity index (χ0n) is 7.15. The number of hydrogen-bond acceptors (Lipinski definition) is 6. The number of nitrogens with two attached hydrogens (primary N) is 2. The highest BCUT2D eigenvalue weighted by Gasteiger charge is 2.16. The first-order chi connectivity index (χ1) is 6.15. The van der Waals surface area contributed by atoms with Crippen LogP contribution in [0.4, 0.5) is 5.82 Å². The van der Waals surface area contributed by atoms with Crippen LogP contribution in [0.25, 0.3) is 0 Å². The van der Waals surface area contributed by atoms with Gasteiger partial charge in [-0.05, 0) is 17.2 Å². The number of nitrogen functional groups attached to an aromatic ring is 1. The molecule has 0 bridgehead atoms. The highest BCUT2D eigenvalue weighted by atomic mass is 16.6. The first-order valence-electron chi connectivity index (χ1n) is 3.74. The Bertz CT molecular complexity index is 297. The molecule has 13 heavy (non-hydrogen) atoms. The van der Waals surface area contributed by atoms with Gasteiger partial charge in [-0.3, -0.25) is 4.79 Å². The molecule has 0 aromatic carbocycles. The molecule has 0 saturated carbocycles. The molecule has 0 radical (unpaired) electrons. The summed E-state index contributed by atoms with van der Waals surface area (Å²) < 4.78 is 4.26. The Labute approximate surface area is 74.4 Å². The number of hydrogen-bond donors (Lipinski definition) is 3. The predicted octanol–water partition coefficient (Wildman–Crippen LogP) is -1.27. The molecule has 7 nitrogen and oxygen atoms in total. The highest BCUT2D eigenvalue weighted by Crippen LogP contribution is 2.03. The molecule has 1 atom stereocenters. The van der Waals surface area contributed by atoms with Gasteiger partial charge >= 0.3 is 0 Å². The van der Waals surface area contributed by atoms with Crippen LogP contribution in [0.5, 0.6) is 0 Å². The zero-order valence-corrected chi connectivity index (χ0v) is 7.15. The molecule has 0 aliphatic carbocycles. The van der Waals surface area contributed by atoms with Gasteiger partial charge in [0.1, 0.15) is 0 Å². The van der Waals surface area contributed by atoms with Gasteiger partial charge in [-0.25, -0.2) is 4.63 Å². The fraction of sp³-hybridized carbons (Fsp3) is 0.500. The average Bonchev–Trinajstić information content (AvgIpc) is 2.51. The van der Waals surface area contributed by atoms with Crippen molar-refractivity contribution in [1.82, 2.24) is 15.6 Å². The van der Waals surface area contributed by atoms with Gasteiger partial charge in [-0.1, -0.05) is 0 Å². The van der Waals surface area contributed by atoms with Gasteiger partial charge in [0.25, 0.3) is 5.91 Å². The van der Waals surface area contributed by atoms with Crippen LogP contribution in [0.15, 0.2) is 4.63 Å². The van der Waals surface area contributed by atoms with Crippen LogP contribution >= 0.6 is 0 Å². The molecule has 1 rings (SSSR count). The summed E-state index contributed by atoms with van der Waals surface area (Å²) in [6.45, 7) is 2.11. The third kappa shape index (κ3) is 2.15. The molecule has 0 aliphatic heterocycles. The van der Waals surface area contributed by atoms with E-state index in [1.165, 1.54) is 0 Å². The standard InChI is InChI=1S/C6H11N5O2/c1-3(2-7)9-6(12)4-5(8)11-13-10-4/h3H,2,7H2,1H3,(H2,8,11)(H,9,12). The molecule has 1 aromatic heterocycles. The smallest absolute Gasteiger partial charge is 0.277 e. The van der Waals surface area contributed by atoms with Crippen molar-refractivity contribution in [1.29, 1.82) is 0 Å². The number of amides is 1. The first-order valence-corrected chi connectivity index (χ1v) is 3.74. The Morgan fingerprint density at radius 2 is 2.38 bits per heavy atom. The third-order valence-electron chi connectivity index (χ3n) is 1.46. The number of rotatable bonds is 3. The molecule has 0 saturated heterocycles. The van der Waals surface area contributed by atoms with E-state index in [2.05, 4.69) is 20.3 Å². The average molecular weight is 185 g/mol. The Morgan fingerprint density at radius 3 is 2.85 bits per heavy atom. The number of nitrogens with zero attached hydrogens (tertiary/aromatic N) is 2. The van der Waals surface area contributed by atoms with Crippen LogP contribution in [0, 0.1) is 0 Å². The van der Waals surface area contributed by atoms with Gasteiger partial charge in [0, 0.05) is 12.6 Å². The van der Waals surface area contributed by atoms with E-state index in [1.54, 1.807) is 6.92 Å². The lowest BCUT2D eigenvalue weighted by atomic mass is 10.3. The first kappa shape index (κ1) is 9.46. The fourth-order valence-electron chi connectivity index (χ4n) is 0.704. The quantitative estimate of drug-likeness (QED) is 0.540. The molecule has 1 unspecified atom stereocenters. The predicted molar refractivity (Wildman–Crippen MR) is 44.7 cm³/mol. The maximum atomic E-state index is 11.3. The van der Waals surface area contributed by atoms with Crippen molar-refractivity contribution in [2.75, 3.05) is 12.3 Å². The van der Waals surface area contributed by atoms with E-state index in [1.807, 2.05) is 0 Å². The van der Waals surface area contributed by atoms with Gasteiger partial charge in [0.2, 0.25) is 11.5 Å². The molecule has 0 spiro atoms. The Morgan fingerprint density at radius 1 is 1.69 bits per heavy atom. The van der Waals surface area contributed by atoms with Crippen molar-refractivity contribution in [3.8, 4) is 0 Å². The van der Waals surface area contributed by atoms with Gasteiger partial charge in [-0.2, -0.15) is 0 Å². The molecule has 1 aromatic rings. The van der Waals surface area contributed by atoms with Crippen LogP contribution in [0.3, 0.4) is 0 Å². The molecule has 7 heteroatoms. The summed E-state index contributed by atoms with van der Waals surface area (Å²) in [5, 5.41) is 9.18. The second-order valence-electron chi connectivity index (χ2n) is 2.61. The summed E-state index contributed by atoms with van der Waals surface area (Å²) in [6, 6.07) is -0.136. The molecule has 72 valence electrons. The number of carbonyl (C=O) groups excluding carboxylic acids is 1. The van der Waals surface area contributed by atoms with Crippen molar-refractivity contribution < 1.29 is 9.42 Å². The van der Waals surface area contributed by atoms with Crippen LogP contribution in [0.2, 0.25) is 0 Å². The summed E-state index contributed by atoms with van der Waals surface area (Å²) >= 11 is 0. The molecular weight excluding hydrogens is 174 g/mol. The molecule has 1 heterocycles. The van der Waals surface area contributed by atoms with E-state index < -0.39 is 5.91 Å². The summed E-state index contributed by atoms with van der Waals surface area (Å²) in [5.41, 5.74) is 10.6. The normalized spacial score (nSPS) is 12.5. The second kappa shape index (κ2) is 3.85. The SMILES string of the molecule is CC(CN)NC(=O)c1nonc1N. The van der Waals surface area contributed by atoms with Crippen LogP contribution in [-0.2, 0) is 0 Å². The molecule has 0 aliphatic rings. The fourth-order valence-corrected chi connectivity index (χ4v) is 0.704. The summed E-state index contributed by atoms with van der Waals surface area (Å²) in [4.78, 5) is 11.3. The van der Waals surface area contributed by atoms with Gasteiger partial charge < -0.3 is 16.8 Å². The van der Waals surface area contributed by atoms with Gasteiger partial charge in [0.05, 0.1) is 0 Å². The van der Waals surface area contributed by atoms with Gasteiger partial charge in [-0.15, -0.1) is 0 Å². The molecule has 0 fully saturated rings. The monoisotopic (exact) mass is 185 g/mol. The van der Waals surface area contributed by atoms with Crippen molar-refractivity contribution in [2.45, 2.75) is 13.0 Å². The van der Waals surface area contributed by atoms with Crippen molar-refractivity contribution in [3.63, 3.8) is 0 Å². The van der Waals surface area contributed by atoms with Crippen molar-refractivity contribution >= 4 is 11.7 Å². The van der Waals surface area contributed by atoms with Gasteiger partial charge in [0.15, 0.2) is 0 Å². The number of aromatic nitrogens is 2. The number of nitrogens with one attached hydrogen (secondary N) is 1. The lowest BCUT2D eigenvalue weighted by molar-refractivity contribution is 0.0932. The molecule has 5 N–H and O–H groups in total. The summed E-state index contributed by atoms with van der Waals surface area (Å²) in [6.07, 6.45) is 0. The lowest BCUT2D eigenvalue weighted by Gasteiger charge is -2.08.